The Morgan fingerprint density at radius 1 is 1.21 bits per heavy atom. The second-order valence-electron chi connectivity index (χ2n) is 6.74. The normalized spacial score (nSPS) is 11.9. The third-order valence-electron chi connectivity index (χ3n) is 4.26. The van der Waals surface area contributed by atoms with E-state index in [0.29, 0.717) is 18.3 Å². The molecule has 0 spiro atoms. The molecule has 0 saturated carbocycles. The quantitative estimate of drug-likeness (QED) is 0.441. The molecule has 0 amide bonds. The maximum Gasteiger partial charge on any atom is 0.226 e. The molecule has 3 rings (SSSR count). The number of thioether (sulfide) groups is 1. The first kappa shape index (κ1) is 20.1. The monoisotopic (exact) mass is 395 g/mol. The van der Waals surface area contributed by atoms with Crippen LogP contribution in [0.15, 0.2) is 71.4 Å². The van der Waals surface area contributed by atoms with Gasteiger partial charge in [0.15, 0.2) is 0 Å². The Hall–Kier alpha value is -2.66. The second-order valence-corrected chi connectivity index (χ2v) is 7.73. The first-order valence-corrected chi connectivity index (χ1v) is 10.4. The largest absolute Gasteiger partial charge is 0.512 e. The summed E-state index contributed by atoms with van der Waals surface area (Å²) in [7, 11) is 0. The lowest BCUT2D eigenvalue weighted by Crippen LogP contribution is -2.08. The molecule has 4 nitrogen and oxygen atoms in total. The van der Waals surface area contributed by atoms with E-state index in [4.69, 9.17) is 9.15 Å². The third kappa shape index (κ3) is 5.42. The number of hydrogen-bond acceptors (Lipinski definition) is 5. The minimum atomic E-state index is 0.108. The summed E-state index contributed by atoms with van der Waals surface area (Å²) in [4.78, 5) is 4.68. The van der Waals surface area contributed by atoms with Gasteiger partial charge >= 0.3 is 0 Å². The van der Waals surface area contributed by atoms with Gasteiger partial charge < -0.3 is 14.3 Å². The van der Waals surface area contributed by atoms with E-state index >= 15 is 0 Å². The summed E-state index contributed by atoms with van der Waals surface area (Å²) in [5.74, 6) is 3.94. The zero-order valence-corrected chi connectivity index (χ0v) is 17.0. The first-order valence-electron chi connectivity index (χ1n) is 9.22. The minimum absolute atomic E-state index is 0.108. The standard InChI is InChI=1S/C23H25NO3S/c1-16(22-18(3)27-23(24-22)20-9-5-4-6-10-20)13-26-21-11-7-8-19(12-21)15-28-14-17(2)25/h4-12,16,25H,2,13-15H2,1,3H3. The SMILES string of the molecule is C=C(O)CSCc1cccc(OCC(C)c2nc(-c3ccccc3)oc2C)c1. The fourth-order valence-electron chi connectivity index (χ4n) is 2.88. The van der Waals surface area contributed by atoms with E-state index in [1.54, 1.807) is 11.8 Å². The van der Waals surface area contributed by atoms with Crippen LogP contribution in [0.1, 0.15) is 29.9 Å². The first-order chi connectivity index (χ1) is 13.5. The van der Waals surface area contributed by atoms with Gasteiger partial charge in [-0.05, 0) is 36.8 Å². The van der Waals surface area contributed by atoms with Crippen molar-refractivity contribution in [2.45, 2.75) is 25.5 Å². The molecule has 1 unspecified atom stereocenters. The van der Waals surface area contributed by atoms with Crippen LogP contribution in [0.3, 0.4) is 0 Å². The maximum atomic E-state index is 9.18. The number of rotatable bonds is 9. The number of nitrogens with zero attached hydrogens (tertiary/aromatic N) is 1. The number of aliphatic hydroxyl groups is 1. The smallest absolute Gasteiger partial charge is 0.226 e. The summed E-state index contributed by atoms with van der Waals surface area (Å²) in [6.45, 7) is 8.06. The van der Waals surface area contributed by atoms with Crippen molar-refractivity contribution in [3.05, 3.63) is 84.0 Å². The molecule has 0 fully saturated rings. The van der Waals surface area contributed by atoms with Gasteiger partial charge in [0.05, 0.1) is 23.8 Å². The average molecular weight is 396 g/mol. The Labute approximate surface area is 170 Å². The number of hydrogen-bond donors (Lipinski definition) is 1. The van der Waals surface area contributed by atoms with Crippen LogP contribution < -0.4 is 4.74 Å². The summed E-state index contributed by atoms with van der Waals surface area (Å²) < 4.78 is 11.9. The molecule has 0 aliphatic rings. The molecule has 1 N–H and O–H groups in total. The number of ether oxygens (including phenoxy) is 1. The highest BCUT2D eigenvalue weighted by molar-refractivity contribution is 7.98. The zero-order valence-electron chi connectivity index (χ0n) is 16.2. The molecule has 0 saturated heterocycles. The van der Waals surface area contributed by atoms with E-state index < -0.39 is 0 Å². The highest BCUT2D eigenvalue weighted by Crippen LogP contribution is 2.27. The van der Waals surface area contributed by atoms with E-state index in [2.05, 4.69) is 24.6 Å². The summed E-state index contributed by atoms with van der Waals surface area (Å²) in [6, 6.07) is 17.9. The van der Waals surface area contributed by atoms with E-state index in [0.717, 1.165) is 34.1 Å². The average Bonchev–Trinajstić information content (AvgIpc) is 3.09. The Kier molecular flexibility index (Phi) is 6.82. The van der Waals surface area contributed by atoms with Crippen LogP contribution in [0.5, 0.6) is 5.75 Å². The van der Waals surface area contributed by atoms with Crippen LogP contribution in [-0.2, 0) is 5.75 Å². The molecule has 1 aromatic heterocycles. The highest BCUT2D eigenvalue weighted by Gasteiger charge is 2.17. The lowest BCUT2D eigenvalue weighted by molar-refractivity contribution is 0.292. The lowest BCUT2D eigenvalue weighted by atomic mass is 10.1. The predicted octanol–water partition coefficient (Wildman–Crippen LogP) is 6.14. The number of aliphatic hydroxyl groups excluding tert-OH is 1. The van der Waals surface area contributed by atoms with Gasteiger partial charge in [0.25, 0.3) is 0 Å². The van der Waals surface area contributed by atoms with Gasteiger partial charge in [-0.2, -0.15) is 0 Å². The van der Waals surface area contributed by atoms with Crippen molar-refractivity contribution < 1.29 is 14.3 Å². The molecular weight excluding hydrogens is 370 g/mol. The summed E-state index contributed by atoms with van der Waals surface area (Å²) in [5, 5.41) is 9.18. The zero-order chi connectivity index (χ0) is 19.9. The molecule has 5 heteroatoms. The summed E-state index contributed by atoms with van der Waals surface area (Å²) in [6.07, 6.45) is 0. The van der Waals surface area contributed by atoms with Gasteiger partial charge in [-0.15, -0.1) is 11.8 Å². The van der Waals surface area contributed by atoms with Crippen molar-refractivity contribution >= 4 is 11.8 Å². The van der Waals surface area contributed by atoms with E-state index in [1.165, 1.54) is 0 Å². The Bertz CT molecular complexity index is 921. The van der Waals surface area contributed by atoms with Gasteiger partial charge in [0.2, 0.25) is 5.89 Å². The van der Waals surface area contributed by atoms with E-state index in [1.807, 2.05) is 55.5 Å². The van der Waals surface area contributed by atoms with Crippen LogP contribution >= 0.6 is 11.8 Å². The summed E-state index contributed by atoms with van der Waals surface area (Å²) >= 11 is 1.62. The fraction of sp³-hybridized carbons (Fsp3) is 0.261. The molecule has 0 bridgehead atoms. The van der Waals surface area contributed by atoms with Crippen molar-refractivity contribution in [2.24, 2.45) is 0 Å². The fourth-order valence-corrected chi connectivity index (χ4v) is 3.63. The Morgan fingerprint density at radius 2 is 2.00 bits per heavy atom. The van der Waals surface area contributed by atoms with Crippen LogP contribution in [0.4, 0.5) is 0 Å². The van der Waals surface area contributed by atoms with Gasteiger partial charge in [0.1, 0.15) is 11.5 Å². The van der Waals surface area contributed by atoms with E-state index in [9.17, 15) is 5.11 Å². The Morgan fingerprint density at radius 3 is 2.75 bits per heavy atom. The second kappa shape index (κ2) is 9.51. The number of benzene rings is 2. The summed E-state index contributed by atoms with van der Waals surface area (Å²) in [5.41, 5.74) is 3.05. The van der Waals surface area contributed by atoms with Gasteiger partial charge in [-0.3, -0.25) is 0 Å². The van der Waals surface area contributed by atoms with Crippen molar-refractivity contribution in [3.63, 3.8) is 0 Å². The van der Waals surface area contributed by atoms with Crippen molar-refractivity contribution in [3.8, 4) is 17.2 Å². The van der Waals surface area contributed by atoms with Crippen LogP contribution in [0.25, 0.3) is 11.5 Å². The van der Waals surface area contributed by atoms with Crippen molar-refractivity contribution in [2.75, 3.05) is 12.4 Å². The number of aryl methyl sites for hydroxylation is 1. The minimum Gasteiger partial charge on any atom is -0.512 e. The molecule has 146 valence electrons. The molecule has 0 aliphatic carbocycles. The highest BCUT2D eigenvalue weighted by atomic mass is 32.2. The van der Waals surface area contributed by atoms with Crippen LogP contribution in [-0.4, -0.2) is 22.5 Å². The van der Waals surface area contributed by atoms with Crippen molar-refractivity contribution in [1.82, 2.24) is 4.98 Å². The maximum absolute atomic E-state index is 9.18. The van der Waals surface area contributed by atoms with E-state index in [-0.39, 0.29) is 11.7 Å². The topological polar surface area (TPSA) is 55.5 Å². The van der Waals surface area contributed by atoms with Crippen LogP contribution in [0, 0.1) is 6.92 Å². The lowest BCUT2D eigenvalue weighted by Gasteiger charge is -2.12. The molecule has 1 atom stereocenters. The Balaban J connectivity index is 1.61. The molecule has 3 aromatic rings. The number of oxazole rings is 1. The van der Waals surface area contributed by atoms with Crippen LogP contribution in [0.2, 0.25) is 0 Å². The molecule has 1 heterocycles. The molecule has 0 aliphatic heterocycles. The number of aromatic nitrogens is 1. The van der Waals surface area contributed by atoms with Gasteiger partial charge in [-0.25, -0.2) is 4.98 Å². The molecular formula is C23H25NO3S. The van der Waals surface area contributed by atoms with Gasteiger partial charge in [0, 0.05) is 17.2 Å². The third-order valence-corrected chi connectivity index (χ3v) is 5.33. The molecule has 0 radical (unpaired) electrons. The van der Waals surface area contributed by atoms with Crippen molar-refractivity contribution in [1.29, 1.82) is 0 Å². The molecule has 28 heavy (non-hydrogen) atoms. The van der Waals surface area contributed by atoms with Gasteiger partial charge in [-0.1, -0.05) is 43.8 Å². The molecule has 2 aromatic carbocycles. The predicted molar refractivity (Wildman–Crippen MR) is 115 cm³/mol.